The number of phenols is 1. The van der Waals surface area contributed by atoms with Gasteiger partial charge >= 0.3 is 0 Å². The number of anilines is 1. The lowest BCUT2D eigenvalue weighted by atomic mass is 10.2. The first-order valence-corrected chi connectivity index (χ1v) is 6.15. The van der Waals surface area contributed by atoms with Crippen LogP contribution in [0, 0.1) is 0 Å². The smallest absolute Gasteiger partial charge is 0.255 e. The highest BCUT2D eigenvalue weighted by Crippen LogP contribution is 2.22. The van der Waals surface area contributed by atoms with Crippen molar-refractivity contribution in [2.75, 3.05) is 5.32 Å². The van der Waals surface area contributed by atoms with Gasteiger partial charge in [-0.15, -0.1) is 0 Å². The zero-order chi connectivity index (χ0) is 14.1. The van der Waals surface area contributed by atoms with Gasteiger partial charge in [0.25, 0.3) is 5.91 Å². The Morgan fingerprint density at radius 1 is 1.25 bits per heavy atom. The van der Waals surface area contributed by atoms with E-state index in [1.165, 1.54) is 6.07 Å². The van der Waals surface area contributed by atoms with Crippen LogP contribution in [0.15, 0.2) is 48.8 Å². The number of benzene rings is 2. The number of fused-ring (bicyclic) bond motifs is 1. The highest BCUT2D eigenvalue weighted by atomic mass is 16.3. The van der Waals surface area contributed by atoms with Gasteiger partial charge in [-0.05, 0) is 30.3 Å². The van der Waals surface area contributed by atoms with E-state index in [0.717, 1.165) is 11.0 Å². The number of aryl methyl sites for hydroxylation is 1. The van der Waals surface area contributed by atoms with E-state index >= 15 is 0 Å². The van der Waals surface area contributed by atoms with Gasteiger partial charge < -0.3 is 15.0 Å². The van der Waals surface area contributed by atoms with Crippen LogP contribution in [0.2, 0.25) is 0 Å². The van der Waals surface area contributed by atoms with Crippen LogP contribution in [0.5, 0.6) is 5.75 Å². The maximum Gasteiger partial charge on any atom is 0.255 e. The van der Waals surface area contributed by atoms with Crippen molar-refractivity contribution in [3.8, 4) is 5.75 Å². The molecule has 0 atom stereocenters. The average molecular weight is 267 g/mol. The Balaban J connectivity index is 1.91. The Morgan fingerprint density at radius 2 is 2.05 bits per heavy atom. The molecule has 2 aromatic carbocycles. The molecule has 1 amide bonds. The van der Waals surface area contributed by atoms with E-state index in [1.807, 2.05) is 17.7 Å². The Labute approximate surface area is 115 Å². The fraction of sp³-hybridized carbons (Fsp3) is 0.0667. The number of rotatable bonds is 2. The second-order valence-electron chi connectivity index (χ2n) is 4.53. The number of para-hydroxylation sites is 2. The van der Waals surface area contributed by atoms with E-state index in [1.54, 1.807) is 36.7 Å². The maximum absolute atomic E-state index is 12.2. The second kappa shape index (κ2) is 4.70. The quantitative estimate of drug-likeness (QED) is 0.701. The lowest BCUT2D eigenvalue weighted by molar-refractivity contribution is 0.102. The molecule has 1 heterocycles. The summed E-state index contributed by atoms with van der Waals surface area (Å²) >= 11 is 0. The number of amides is 1. The predicted octanol–water partition coefficient (Wildman–Crippen LogP) is 2.53. The molecule has 0 radical (unpaired) electrons. The van der Waals surface area contributed by atoms with Crippen molar-refractivity contribution < 1.29 is 9.90 Å². The fourth-order valence-corrected chi connectivity index (χ4v) is 2.05. The number of aromatic nitrogens is 2. The molecule has 3 rings (SSSR count). The highest BCUT2D eigenvalue weighted by Gasteiger charge is 2.10. The number of nitrogens with one attached hydrogen (secondary N) is 1. The van der Waals surface area contributed by atoms with Gasteiger partial charge in [-0.25, -0.2) is 4.98 Å². The van der Waals surface area contributed by atoms with E-state index in [2.05, 4.69) is 10.3 Å². The van der Waals surface area contributed by atoms with Crippen LogP contribution in [0.25, 0.3) is 11.0 Å². The molecule has 0 aliphatic heterocycles. The molecule has 0 aliphatic rings. The molecule has 0 bridgehead atoms. The summed E-state index contributed by atoms with van der Waals surface area (Å²) in [6, 6.07) is 11.9. The van der Waals surface area contributed by atoms with Gasteiger partial charge in [-0.3, -0.25) is 4.79 Å². The van der Waals surface area contributed by atoms with Gasteiger partial charge in [-0.1, -0.05) is 12.1 Å². The molecule has 2 N–H and O–H groups in total. The van der Waals surface area contributed by atoms with Gasteiger partial charge in [0.05, 0.1) is 23.0 Å². The van der Waals surface area contributed by atoms with Crippen LogP contribution < -0.4 is 5.32 Å². The Bertz CT molecular complexity index is 793. The van der Waals surface area contributed by atoms with Gasteiger partial charge in [-0.2, -0.15) is 0 Å². The van der Waals surface area contributed by atoms with Crippen LogP contribution in [0.4, 0.5) is 5.69 Å². The van der Waals surface area contributed by atoms with Gasteiger partial charge in [0.1, 0.15) is 5.75 Å². The molecule has 0 saturated carbocycles. The zero-order valence-electron chi connectivity index (χ0n) is 10.9. The molecular weight excluding hydrogens is 254 g/mol. The molecule has 100 valence electrons. The maximum atomic E-state index is 12.2. The number of nitrogens with zero attached hydrogens (tertiary/aromatic N) is 2. The monoisotopic (exact) mass is 267 g/mol. The van der Waals surface area contributed by atoms with Crippen molar-refractivity contribution in [3.05, 3.63) is 54.4 Å². The molecule has 20 heavy (non-hydrogen) atoms. The summed E-state index contributed by atoms with van der Waals surface area (Å²) in [5, 5.41) is 12.3. The molecule has 1 aromatic heterocycles. The van der Waals surface area contributed by atoms with Crippen molar-refractivity contribution >= 4 is 22.6 Å². The number of carbonyl (C=O) groups excluding carboxylic acids is 1. The molecule has 0 aliphatic carbocycles. The Kier molecular flexibility index (Phi) is 2.87. The molecule has 0 spiro atoms. The number of aromatic hydroxyl groups is 1. The standard InChI is InChI=1S/C15H13N3O2/c1-18-9-16-12-8-10(6-7-13(12)18)15(20)17-11-4-2-3-5-14(11)19/h2-9,19H,1H3,(H,17,20). The van der Waals surface area contributed by atoms with E-state index < -0.39 is 0 Å². The minimum atomic E-state index is -0.279. The summed E-state index contributed by atoms with van der Waals surface area (Å²) in [4.78, 5) is 16.4. The first-order chi connectivity index (χ1) is 9.65. The number of carbonyl (C=O) groups is 1. The van der Waals surface area contributed by atoms with Crippen LogP contribution in [0.1, 0.15) is 10.4 Å². The van der Waals surface area contributed by atoms with Crippen LogP contribution in [0.3, 0.4) is 0 Å². The third-order valence-corrected chi connectivity index (χ3v) is 3.14. The van der Waals surface area contributed by atoms with Crippen molar-refractivity contribution in [1.82, 2.24) is 9.55 Å². The van der Waals surface area contributed by atoms with Gasteiger partial charge in [0.2, 0.25) is 0 Å². The minimum absolute atomic E-state index is 0.0414. The second-order valence-corrected chi connectivity index (χ2v) is 4.53. The lowest BCUT2D eigenvalue weighted by Crippen LogP contribution is -2.11. The van der Waals surface area contributed by atoms with Crippen LogP contribution in [-0.4, -0.2) is 20.6 Å². The fourth-order valence-electron chi connectivity index (χ4n) is 2.05. The first kappa shape index (κ1) is 12.2. The molecule has 5 heteroatoms. The topological polar surface area (TPSA) is 67.2 Å². The van der Waals surface area contributed by atoms with Crippen LogP contribution in [-0.2, 0) is 7.05 Å². The van der Waals surface area contributed by atoms with E-state index in [9.17, 15) is 9.90 Å². The molecule has 0 unspecified atom stereocenters. The molecule has 3 aromatic rings. The van der Waals surface area contributed by atoms with Crippen molar-refractivity contribution in [3.63, 3.8) is 0 Å². The van der Waals surface area contributed by atoms with Crippen molar-refractivity contribution in [1.29, 1.82) is 0 Å². The van der Waals surface area contributed by atoms with E-state index in [-0.39, 0.29) is 11.7 Å². The average Bonchev–Trinajstić information content (AvgIpc) is 2.82. The third-order valence-electron chi connectivity index (χ3n) is 3.14. The third kappa shape index (κ3) is 2.09. The largest absolute Gasteiger partial charge is 0.506 e. The van der Waals surface area contributed by atoms with Crippen molar-refractivity contribution in [2.45, 2.75) is 0 Å². The lowest BCUT2D eigenvalue weighted by Gasteiger charge is -2.07. The summed E-state index contributed by atoms with van der Waals surface area (Å²) in [6.07, 6.45) is 1.70. The summed E-state index contributed by atoms with van der Waals surface area (Å²) in [5.74, 6) is -0.237. The van der Waals surface area contributed by atoms with Crippen LogP contribution >= 0.6 is 0 Å². The number of hydrogen-bond acceptors (Lipinski definition) is 3. The summed E-state index contributed by atoms with van der Waals surface area (Å²) < 4.78 is 1.89. The first-order valence-electron chi connectivity index (χ1n) is 6.15. The SMILES string of the molecule is Cn1cnc2cc(C(=O)Nc3ccccc3O)ccc21. The predicted molar refractivity (Wildman–Crippen MR) is 76.8 cm³/mol. The minimum Gasteiger partial charge on any atom is -0.506 e. The molecule has 0 saturated heterocycles. The number of imidazole rings is 1. The van der Waals surface area contributed by atoms with Gasteiger partial charge in [0.15, 0.2) is 0 Å². The van der Waals surface area contributed by atoms with E-state index in [0.29, 0.717) is 11.3 Å². The highest BCUT2D eigenvalue weighted by molar-refractivity contribution is 6.06. The van der Waals surface area contributed by atoms with Gasteiger partial charge in [0, 0.05) is 12.6 Å². The molecular formula is C15H13N3O2. The molecule has 5 nitrogen and oxygen atoms in total. The van der Waals surface area contributed by atoms with Crippen molar-refractivity contribution in [2.24, 2.45) is 7.05 Å². The normalized spacial score (nSPS) is 10.7. The Hall–Kier alpha value is -2.82. The number of phenolic OH excluding ortho intramolecular Hbond substituents is 1. The molecule has 0 fully saturated rings. The summed E-state index contributed by atoms with van der Waals surface area (Å²) in [5.41, 5.74) is 2.61. The number of hydrogen-bond donors (Lipinski definition) is 2. The summed E-state index contributed by atoms with van der Waals surface area (Å²) in [6.45, 7) is 0. The Morgan fingerprint density at radius 3 is 2.85 bits per heavy atom. The van der Waals surface area contributed by atoms with E-state index in [4.69, 9.17) is 0 Å². The summed E-state index contributed by atoms with van der Waals surface area (Å²) in [7, 11) is 1.90. The zero-order valence-corrected chi connectivity index (χ0v) is 10.9.